The quantitative estimate of drug-likeness (QED) is 0.388. The molecular weight excluding hydrogens is 272 g/mol. The number of nitrogens with two attached hydrogens (primary N) is 1. The van der Waals surface area contributed by atoms with Crippen LogP contribution in [0.1, 0.15) is 16.8 Å². The van der Waals surface area contributed by atoms with Crippen molar-refractivity contribution < 1.29 is 9.66 Å². The molecule has 21 heavy (non-hydrogen) atoms. The van der Waals surface area contributed by atoms with Crippen LogP contribution in [0.5, 0.6) is 11.6 Å². The van der Waals surface area contributed by atoms with Gasteiger partial charge in [0.15, 0.2) is 0 Å². The van der Waals surface area contributed by atoms with Gasteiger partial charge in [-0.1, -0.05) is 6.07 Å². The van der Waals surface area contributed by atoms with Gasteiger partial charge < -0.3 is 10.5 Å². The summed E-state index contributed by atoms with van der Waals surface area (Å²) in [5.41, 5.74) is 7.00. The molecule has 0 atom stereocenters. The number of nitro groups is 1. The Hall–Kier alpha value is -2.96. The first-order valence-corrected chi connectivity index (χ1v) is 6.13. The highest BCUT2D eigenvalue weighted by molar-refractivity contribution is 5.97. The van der Waals surface area contributed by atoms with Crippen molar-refractivity contribution in [3.63, 3.8) is 0 Å². The normalized spacial score (nSPS) is 10.2. The minimum absolute atomic E-state index is 0.0613. The van der Waals surface area contributed by atoms with Crippen molar-refractivity contribution in [1.82, 2.24) is 4.98 Å². The van der Waals surface area contributed by atoms with E-state index in [1.54, 1.807) is 32.0 Å². The van der Waals surface area contributed by atoms with Crippen LogP contribution in [0.4, 0.5) is 5.69 Å². The minimum Gasteiger partial charge on any atom is -0.431 e. The number of benzene rings is 1. The van der Waals surface area contributed by atoms with Crippen molar-refractivity contribution in [2.75, 3.05) is 0 Å². The number of hydrogen-bond acceptors (Lipinski definition) is 5. The van der Waals surface area contributed by atoms with E-state index in [-0.39, 0.29) is 28.7 Å². The van der Waals surface area contributed by atoms with E-state index in [9.17, 15) is 10.1 Å². The SMILES string of the molecule is Cc1ccc(Oc2nc(C)ccc2C(=N)N)c([N+](=O)[O-])c1. The Labute approximate surface area is 121 Å². The van der Waals surface area contributed by atoms with E-state index in [1.165, 1.54) is 12.1 Å². The number of nitrogens with zero attached hydrogens (tertiary/aromatic N) is 2. The highest BCUT2D eigenvalue weighted by Crippen LogP contribution is 2.32. The van der Waals surface area contributed by atoms with Gasteiger partial charge in [0, 0.05) is 11.8 Å². The lowest BCUT2D eigenvalue weighted by atomic mass is 10.2. The van der Waals surface area contributed by atoms with Gasteiger partial charge in [-0.15, -0.1) is 0 Å². The van der Waals surface area contributed by atoms with E-state index >= 15 is 0 Å². The number of nitrogen functional groups attached to an aromatic ring is 1. The maximum atomic E-state index is 11.1. The van der Waals surface area contributed by atoms with Crippen molar-refractivity contribution >= 4 is 11.5 Å². The van der Waals surface area contributed by atoms with Crippen LogP contribution in [-0.2, 0) is 0 Å². The van der Waals surface area contributed by atoms with Crippen molar-refractivity contribution in [3.05, 3.63) is 57.3 Å². The Morgan fingerprint density at radius 3 is 2.67 bits per heavy atom. The third-order valence-corrected chi connectivity index (χ3v) is 2.81. The molecule has 1 aromatic heterocycles. The zero-order valence-electron chi connectivity index (χ0n) is 11.6. The fourth-order valence-electron chi connectivity index (χ4n) is 1.78. The van der Waals surface area contributed by atoms with Gasteiger partial charge in [0.1, 0.15) is 5.84 Å². The molecule has 0 fully saturated rings. The van der Waals surface area contributed by atoms with Crippen molar-refractivity contribution in [2.24, 2.45) is 5.73 Å². The van der Waals surface area contributed by atoms with Gasteiger partial charge in [0.05, 0.1) is 10.5 Å². The van der Waals surface area contributed by atoms with Crippen LogP contribution in [0.2, 0.25) is 0 Å². The summed E-state index contributed by atoms with van der Waals surface area (Å²) in [4.78, 5) is 14.7. The summed E-state index contributed by atoms with van der Waals surface area (Å²) in [7, 11) is 0. The Morgan fingerprint density at radius 2 is 2.05 bits per heavy atom. The summed E-state index contributed by atoms with van der Waals surface area (Å²) in [5, 5.41) is 18.6. The fourth-order valence-corrected chi connectivity index (χ4v) is 1.78. The molecule has 0 aliphatic rings. The van der Waals surface area contributed by atoms with Gasteiger partial charge in [-0.25, -0.2) is 4.98 Å². The summed E-state index contributed by atoms with van der Waals surface area (Å²) < 4.78 is 5.53. The van der Waals surface area contributed by atoms with E-state index in [4.69, 9.17) is 15.9 Å². The Balaban J connectivity index is 2.50. The molecule has 0 radical (unpaired) electrons. The van der Waals surface area contributed by atoms with E-state index in [2.05, 4.69) is 4.98 Å². The monoisotopic (exact) mass is 286 g/mol. The van der Waals surface area contributed by atoms with Crippen molar-refractivity contribution in [2.45, 2.75) is 13.8 Å². The predicted molar refractivity (Wildman–Crippen MR) is 77.9 cm³/mol. The first-order valence-electron chi connectivity index (χ1n) is 6.13. The van der Waals surface area contributed by atoms with Gasteiger partial charge in [-0.2, -0.15) is 0 Å². The van der Waals surface area contributed by atoms with Crippen LogP contribution in [0, 0.1) is 29.4 Å². The summed E-state index contributed by atoms with van der Waals surface area (Å²) in [5.74, 6) is -0.0760. The third kappa shape index (κ3) is 3.14. The average molecular weight is 286 g/mol. The second-order valence-corrected chi connectivity index (χ2v) is 4.55. The molecule has 7 nitrogen and oxygen atoms in total. The molecule has 0 spiro atoms. The Bertz CT molecular complexity index is 728. The third-order valence-electron chi connectivity index (χ3n) is 2.81. The number of nitro benzene ring substituents is 1. The molecule has 0 unspecified atom stereocenters. The van der Waals surface area contributed by atoms with Crippen LogP contribution in [0.25, 0.3) is 0 Å². The summed E-state index contributed by atoms with van der Waals surface area (Å²) in [6.45, 7) is 3.50. The van der Waals surface area contributed by atoms with Gasteiger partial charge >= 0.3 is 5.69 Å². The number of hydrogen-bond donors (Lipinski definition) is 2. The standard InChI is InChI=1S/C14H14N4O3/c1-8-3-6-12(11(7-8)18(19)20)21-14-10(13(15)16)5-4-9(2)17-14/h3-7H,1-2H3,(H3,15,16). The van der Waals surface area contributed by atoms with E-state index < -0.39 is 4.92 Å². The molecule has 1 aromatic carbocycles. The van der Waals surface area contributed by atoms with Crippen LogP contribution in [0.3, 0.4) is 0 Å². The number of amidine groups is 1. The molecule has 1 heterocycles. The first kappa shape index (κ1) is 14.4. The molecule has 3 N–H and O–H groups in total. The van der Waals surface area contributed by atoms with E-state index in [1.807, 2.05) is 0 Å². The molecule has 0 aliphatic carbocycles. The lowest BCUT2D eigenvalue weighted by Gasteiger charge is -2.10. The second kappa shape index (κ2) is 5.58. The van der Waals surface area contributed by atoms with Crippen LogP contribution in [-0.4, -0.2) is 15.7 Å². The predicted octanol–water partition coefficient (Wildman–Crippen LogP) is 2.68. The zero-order chi connectivity index (χ0) is 15.6. The summed E-state index contributed by atoms with van der Waals surface area (Å²) in [6.07, 6.45) is 0. The molecule has 0 saturated heterocycles. The maximum Gasteiger partial charge on any atom is 0.311 e. The highest BCUT2D eigenvalue weighted by Gasteiger charge is 2.18. The first-order chi connectivity index (χ1) is 9.88. The van der Waals surface area contributed by atoms with E-state index in [0.717, 1.165) is 5.56 Å². The van der Waals surface area contributed by atoms with Crippen LogP contribution in [0.15, 0.2) is 30.3 Å². The van der Waals surface area contributed by atoms with Gasteiger partial charge in [-0.3, -0.25) is 15.5 Å². The smallest absolute Gasteiger partial charge is 0.311 e. The van der Waals surface area contributed by atoms with Crippen LogP contribution < -0.4 is 10.5 Å². The molecule has 2 aromatic rings. The van der Waals surface area contributed by atoms with Crippen molar-refractivity contribution in [3.8, 4) is 11.6 Å². The number of pyridine rings is 1. The number of rotatable bonds is 4. The Morgan fingerprint density at radius 1 is 1.33 bits per heavy atom. The summed E-state index contributed by atoms with van der Waals surface area (Å²) in [6, 6.07) is 7.90. The van der Waals surface area contributed by atoms with Crippen LogP contribution >= 0.6 is 0 Å². The maximum absolute atomic E-state index is 11.1. The molecule has 108 valence electrons. The number of nitrogens with one attached hydrogen (secondary N) is 1. The molecular formula is C14H14N4O3. The largest absolute Gasteiger partial charge is 0.431 e. The molecule has 7 heteroatoms. The zero-order valence-corrected chi connectivity index (χ0v) is 11.6. The van der Waals surface area contributed by atoms with Crippen molar-refractivity contribution in [1.29, 1.82) is 5.41 Å². The molecule has 0 amide bonds. The van der Waals surface area contributed by atoms with Gasteiger partial charge in [0.2, 0.25) is 11.6 Å². The fraction of sp³-hybridized carbons (Fsp3) is 0.143. The Kier molecular flexibility index (Phi) is 3.84. The average Bonchev–Trinajstić information content (AvgIpc) is 2.40. The topological polar surface area (TPSA) is 115 Å². The number of aromatic nitrogens is 1. The molecule has 0 saturated carbocycles. The summed E-state index contributed by atoms with van der Waals surface area (Å²) >= 11 is 0. The second-order valence-electron chi connectivity index (χ2n) is 4.55. The number of aryl methyl sites for hydroxylation is 2. The van der Waals surface area contributed by atoms with Gasteiger partial charge in [0.25, 0.3) is 0 Å². The van der Waals surface area contributed by atoms with E-state index in [0.29, 0.717) is 5.69 Å². The number of ether oxygens (including phenoxy) is 1. The highest BCUT2D eigenvalue weighted by atomic mass is 16.6. The lowest BCUT2D eigenvalue weighted by molar-refractivity contribution is -0.385. The van der Waals surface area contributed by atoms with Gasteiger partial charge in [-0.05, 0) is 37.6 Å². The molecule has 0 aliphatic heterocycles. The molecule has 0 bridgehead atoms. The lowest BCUT2D eigenvalue weighted by Crippen LogP contribution is -2.13. The molecule has 2 rings (SSSR count). The minimum atomic E-state index is -0.522.